The minimum absolute atomic E-state index is 0.00150. The molecule has 0 unspecified atom stereocenters. The molecule has 2 saturated heterocycles. The highest BCUT2D eigenvalue weighted by Crippen LogP contribution is 2.16. The van der Waals surface area contributed by atoms with Gasteiger partial charge in [-0.15, -0.1) is 0 Å². The van der Waals surface area contributed by atoms with E-state index in [0.717, 1.165) is 24.6 Å². The smallest absolute Gasteiger partial charge is 0.317 e. The first kappa shape index (κ1) is 18.8. The van der Waals surface area contributed by atoms with E-state index in [0.29, 0.717) is 44.0 Å². The van der Waals surface area contributed by atoms with Crippen molar-refractivity contribution in [1.29, 1.82) is 0 Å². The Bertz CT molecular complexity index is 635. The lowest BCUT2D eigenvalue weighted by Crippen LogP contribution is -2.51. The summed E-state index contributed by atoms with van der Waals surface area (Å²) in [6.45, 7) is 3.53. The van der Waals surface area contributed by atoms with Crippen molar-refractivity contribution in [3.8, 4) is 0 Å². The van der Waals surface area contributed by atoms with Crippen LogP contribution in [-0.4, -0.2) is 94.9 Å². The highest BCUT2D eigenvalue weighted by atomic mass is 32.2. The van der Waals surface area contributed by atoms with Crippen LogP contribution in [0.25, 0.3) is 0 Å². The van der Waals surface area contributed by atoms with E-state index in [1.54, 1.807) is 11.0 Å². The fourth-order valence-corrected chi connectivity index (χ4v) is 4.13. The number of hydrogen-bond acceptors (Lipinski definition) is 6. The highest BCUT2D eigenvalue weighted by molar-refractivity contribution is 7.99. The molecule has 3 aliphatic rings. The maximum Gasteiger partial charge on any atom is 0.317 e. The monoisotopic (exact) mass is 380 g/mol. The molecule has 3 aliphatic heterocycles. The molecule has 0 aromatic rings. The molecule has 142 valence electrons. The maximum absolute atomic E-state index is 12.7. The molecule has 0 saturated carbocycles. The molecule has 2 N–H and O–H groups in total. The third kappa shape index (κ3) is 4.59. The normalized spacial score (nSPS) is 21.5. The van der Waals surface area contributed by atoms with Crippen LogP contribution in [0.2, 0.25) is 0 Å². The fourth-order valence-electron chi connectivity index (χ4n) is 3.23. The molecule has 2 fully saturated rings. The van der Waals surface area contributed by atoms with E-state index in [1.807, 2.05) is 27.6 Å². The van der Waals surface area contributed by atoms with Crippen molar-refractivity contribution in [2.24, 2.45) is 0 Å². The molecule has 8 nitrogen and oxygen atoms in total. The van der Waals surface area contributed by atoms with Crippen LogP contribution in [0.3, 0.4) is 0 Å². The van der Waals surface area contributed by atoms with Gasteiger partial charge >= 0.3 is 5.97 Å². The van der Waals surface area contributed by atoms with Gasteiger partial charge in [0.15, 0.2) is 0 Å². The van der Waals surface area contributed by atoms with E-state index in [9.17, 15) is 14.4 Å². The number of allylic oxidation sites excluding steroid dienone is 2. The quantitative estimate of drug-likeness (QED) is 0.682. The lowest BCUT2D eigenvalue weighted by Gasteiger charge is -2.35. The Morgan fingerprint density at radius 2 is 1.46 bits per heavy atom. The lowest BCUT2D eigenvalue weighted by molar-refractivity contribution is -0.139. The lowest BCUT2D eigenvalue weighted by atomic mass is 10.1. The van der Waals surface area contributed by atoms with Crippen molar-refractivity contribution >= 4 is 29.5 Å². The zero-order chi connectivity index (χ0) is 18.5. The van der Waals surface area contributed by atoms with E-state index < -0.39 is 5.97 Å². The van der Waals surface area contributed by atoms with Gasteiger partial charge in [0.05, 0.1) is 6.54 Å². The summed E-state index contributed by atoms with van der Waals surface area (Å²) in [5.74, 6) is 0.858. The number of carbonyl (C=O) groups is 3. The molecule has 0 atom stereocenters. The number of amides is 2. The first-order chi connectivity index (χ1) is 12.5. The average Bonchev–Trinajstić information content (AvgIpc) is 2.68. The Hall–Kier alpha value is -2.00. The molecule has 0 aromatic carbocycles. The van der Waals surface area contributed by atoms with E-state index in [-0.39, 0.29) is 18.4 Å². The number of carbonyl (C=O) groups excluding carboxylic acids is 2. The Morgan fingerprint density at radius 1 is 0.923 bits per heavy atom. The van der Waals surface area contributed by atoms with Crippen LogP contribution in [0.4, 0.5) is 0 Å². The van der Waals surface area contributed by atoms with Gasteiger partial charge in [-0.3, -0.25) is 19.3 Å². The summed E-state index contributed by atoms with van der Waals surface area (Å²) in [5.41, 5.74) is 0.918. The van der Waals surface area contributed by atoms with Crippen molar-refractivity contribution in [2.45, 2.75) is 6.42 Å². The largest absolute Gasteiger partial charge is 0.480 e. The van der Waals surface area contributed by atoms with Crippen LogP contribution in [-0.2, 0) is 14.4 Å². The van der Waals surface area contributed by atoms with Gasteiger partial charge in [-0.25, -0.2) is 0 Å². The topological polar surface area (TPSA) is 93.2 Å². The van der Waals surface area contributed by atoms with Gasteiger partial charge in [0.1, 0.15) is 11.4 Å². The molecule has 9 heteroatoms. The van der Waals surface area contributed by atoms with E-state index >= 15 is 0 Å². The SMILES string of the molecule is O=C(O)CN1CCN(C(=O)C2=CCC=C(C(=O)N3CCSCC3)N2)CC1. The predicted molar refractivity (Wildman–Crippen MR) is 98.5 cm³/mol. The Balaban J connectivity index is 1.53. The highest BCUT2D eigenvalue weighted by Gasteiger charge is 2.28. The average molecular weight is 380 g/mol. The van der Waals surface area contributed by atoms with Crippen LogP contribution < -0.4 is 5.32 Å². The number of carboxylic acid groups (broad SMARTS) is 1. The molecule has 0 spiro atoms. The molecule has 3 rings (SSSR count). The Labute approximate surface area is 156 Å². The predicted octanol–water partition coefficient (Wildman–Crippen LogP) is -0.448. The summed E-state index contributed by atoms with van der Waals surface area (Å²) in [7, 11) is 0. The third-order valence-corrected chi connectivity index (χ3v) is 5.63. The Kier molecular flexibility index (Phi) is 6.20. The summed E-state index contributed by atoms with van der Waals surface area (Å²) in [5, 5.41) is 11.9. The number of piperazine rings is 1. The number of nitrogens with zero attached hydrogens (tertiary/aromatic N) is 3. The van der Waals surface area contributed by atoms with Gasteiger partial charge in [0, 0.05) is 50.8 Å². The molecule has 3 heterocycles. The molecule has 0 bridgehead atoms. The second kappa shape index (κ2) is 8.59. The third-order valence-electron chi connectivity index (χ3n) is 4.69. The minimum atomic E-state index is -0.856. The minimum Gasteiger partial charge on any atom is -0.480 e. The summed E-state index contributed by atoms with van der Waals surface area (Å²) < 4.78 is 0. The van der Waals surface area contributed by atoms with Gasteiger partial charge in [-0.05, 0) is 6.42 Å². The molecular formula is C17H24N4O4S. The zero-order valence-corrected chi connectivity index (χ0v) is 15.5. The molecule has 2 amide bonds. The van der Waals surface area contributed by atoms with E-state index in [2.05, 4.69) is 5.32 Å². The summed E-state index contributed by atoms with van der Waals surface area (Å²) in [6.07, 6.45) is 4.18. The number of aliphatic carboxylic acids is 1. The molecule has 0 aromatic heterocycles. The number of dihydropyridines is 1. The molecule has 0 radical (unpaired) electrons. The maximum atomic E-state index is 12.7. The summed E-state index contributed by atoms with van der Waals surface area (Å²) in [6, 6.07) is 0. The Morgan fingerprint density at radius 3 is 2.00 bits per heavy atom. The van der Waals surface area contributed by atoms with Gasteiger partial charge in [-0.1, -0.05) is 12.2 Å². The van der Waals surface area contributed by atoms with Gasteiger partial charge < -0.3 is 20.2 Å². The van der Waals surface area contributed by atoms with Crippen LogP contribution in [0, 0.1) is 0 Å². The number of nitrogens with one attached hydrogen (secondary N) is 1. The number of hydrogen-bond donors (Lipinski definition) is 2. The zero-order valence-electron chi connectivity index (χ0n) is 14.6. The second-order valence-corrected chi connectivity index (χ2v) is 7.69. The van der Waals surface area contributed by atoms with E-state index in [4.69, 9.17) is 5.11 Å². The number of carboxylic acids is 1. The summed E-state index contributed by atoms with van der Waals surface area (Å²) in [4.78, 5) is 41.5. The second-order valence-electron chi connectivity index (χ2n) is 6.46. The van der Waals surface area contributed by atoms with Gasteiger partial charge in [0.25, 0.3) is 11.8 Å². The van der Waals surface area contributed by atoms with Crippen molar-refractivity contribution in [2.75, 3.05) is 57.3 Å². The van der Waals surface area contributed by atoms with Crippen LogP contribution in [0.1, 0.15) is 6.42 Å². The standard InChI is InChI=1S/C17H24N4O4S/c22-15(23)12-19-4-6-20(7-5-19)16(24)13-2-1-3-14(18-13)17(25)21-8-10-26-11-9-21/h2-3,18H,1,4-12H2,(H,22,23). The molecule has 0 aliphatic carbocycles. The van der Waals surface area contributed by atoms with Gasteiger partial charge in [-0.2, -0.15) is 11.8 Å². The molecular weight excluding hydrogens is 356 g/mol. The fraction of sp³-hybridized carbons (Fsp3) is 0.588. The van der Waals surface area contributed by atoms with E-state index in [1.165, 1.54) is 0 Å². The van der Waals surface area contributed by atoms with Crippen molar-refractivity contribution in [1.82, 2.24) is 20.0 Å². The molecule has 26 heavy (non-hydrogen) atoms. The summed E-state index contributed by atoms with van der Waals surface area (Å²) >= 11 is 1.84. The van der Waals surface area contributed by atoms with Crippen molar-refractivity contribution in [3.63, 3.8) is 0 Å². The van der Waals surface area contributed by atoms with Crippen molar-refractivity contribution < 1.29 is 19.5 Å². The first-order valence-corrected chi connectivity index (χ1v) is 9.98. The number of rotatable bonds is 4. The first-order valence-electron chi connectivity index (χ1n) is 8.82. The van der Waals surface area contributed by atoms with Crippen LogP contribution >= 0.6 is 11.8 Å². The van der Waals surface area contributed by atoms with Crippen LogP contribution in [0.15, 0.2) is 23.5 Å². The van der Waals surface area contributed by atoms with Gasteiger partial charge in [0.2, 0.25) is 0 Å². The number of thioether (sulfide) groups is 1. The van der Waals surface area contributed by atoms with Crippen molar-refractivity contribution in [3.05, 3.63) is 23.5 Å². The van der Waals surface area contributed by atoms with Crippen LogP contribution in [0.5, 0.6) is 0 Å².